The summed E-state index contributed by atoms with van der Waals surface area (Å²) in [5.74, 6) is 0. The Balaban J connectivity index is 1.58. The van der Waals surface area contributed by atoms with E-state index in [9.17, 15) is 0 Å². The molecule has 82 valence electrons. The van der Waals surface area contributed by atoms with Crippen LogP contribution in [0.15, 0.2) is 23.0 Å². The summed E-state index contributed by atoms with van der Waals surface area (Å²) in [4.78, 5) is 0. The molecule has 1 heterocycles. The molecule has 2 heteroatoms. The summed E-state index contributed by atoms with van der Waals surface area (Å²) in [6, 6.07) is 2.95. The molecule has 2 aliphatic carbocycles. The zero-order valence-electron chi connectivity index (χ0n) is 9.17. The molecular formula is C13H19NO. The van der Waals surface area contributed by atoms with E-state index in [-0.39, 0.29) is 0 Å². The van der Waals surface area contributed by atoms with Gasteiger partial charge in [-0.1, -0.05) is 6.42 Å². The maximum atomic E-state index is 5.15. The van der Waals surface area contributed by atoms with Crippen LogP contribution in [-0.4, -0.2) is 12.6 Å². The number of nitrogens with one attached hydrogen (secondary N) is 1. The molecule has 1 aromatic heterocycles. The molecule has 0 atom stereocenters. The summed E-state index contributed by atoms with van der Waals surface area (Å²) in [5, 5.41) is 3.68. The first kappa shape index (κ1) is 9.46. The molecule has 0 bridgehead atoms. The third-order valence-electron chi connectivity index (χ3n) is 3.92. The van der Waals surface area contributed by atoms with E-state index in [1.54, 1.807) is 6.26 Å². The van der Waals surface area contributed by atoms with Crippen LogP contribution in [0.2, 0.25) is 0 Å². The first-order valence-corrected chi connectivity index (χ1v) is 6.11. The fourth-order valence-electron chi connectivity index (χ4n) is 2.57. The Labute approximate surface area is 91.0 Å². The topological polar surface area (TPSA) is 25.2 Å². The van der Waals surface area contributed by atoms with E-state index in [1.807, 2.05) is 6.26 Å². The summed E-state index contributed by atoms with van der Waals surface area (Å²) < 4.78 is 5.15. The van der Waals surface area contributed by atoms with Gasteiger partial charge in [0.1, 0.15) is 0 Å². The lowest BCUT2D eigenvalue weighted by molar-refractivity contribution is 0.129. The Bertz CT molecular complexity index is 309. The molecule has 0 unspecified atom stereocenters. The lowest BCUT2D eigenvalue weighted by atomic mass is 9.65. The summed E-state index contributed by atoms with van der Waals surface area (Å²) >= 11 is 0. The summed E-state index contributed by atoms with van der Waals surface area (Å²) in [6.07, 6.45) is 11.8. The van der Waals surface area contributed by atoms with Crippen LogP contribution in [0.3, 0.4) is 0 Å². The van der Waals surface area contributed by atoms with Gasteiger partial charge in [-0.2, -0.15) is 0 Å². The molecule has 2 aliphatic rings. The highest BCUT2D eigenvalue weighted by molar-refractivity contribution is 5.11. The summed E-state index contributed by atoms with van der Waals surface area (Å²) in [5.41, 5.74) is 1.92. The number of furan rings is 1. The molecule has 3 rings (SSSR count). The van der Waals surface area contributed by atoms with Gasteiger partial charge in [0.05, 0.1) is 12.5 Å². The summed E-state index contributed by atoms with van der Waals surface area (Å²) in [6.45, 7) is 1.21. The van der Waals surface area contributed by atoms with Crippen molar-refractivity contribution in [2.24, 2.45) is 5.41 Å². The van der Waals surface area contributed by atoms with Crippen LogP contribution < -0.4 is 5.32 Å². The minimum absolute atomic E-state index is 0.548. The quantitative estimate of drug-likeness (QED) is 0.799. The second-order valence-electron chi connectivity index (χ2n) is 5.32. The molecule has 0 radical (unpaired) electrons. The van der Waals surface area contributed by atoms with E-state index >= 15 is 0 Å². The number of hydrogen-bond acceptors (Lipinski definition) is 2. The highest BCUT2D eigenvalue weighted by atomic mass is 16.3. The van der Waals surface area contributed by atoms with E-state index in [2.05, 4.69) is 11.4 Å². The smallest absolute Gasteiger partial charge is 0.0934 e. The van der Waals surface area contributed by atoms with Gasteiger partial charge in [-0.3, -0.25) is 0 Å². The van der Waals surface area contributed by atoms with Gasteiger partial charge in [0, 0.05) is 12.6 Å². The largest absolute Gasteiger partial charge is 0.472 e. The zero-order chi connectivity index (χ0) is 10.1. The van der Waals surface area contributed by atoms with Crippen LogP contribution in [0.5, 0.6) is 0 Å². The fraction of sp³-hybridized carbons (Fsp3) is 0.692. The fourth-order valence-corrected chi connectivity index (χ4v) is 2.57. The molecule has 2 saturated carbocycles. The van der Waals surface area contributed by atoms with Gasteiger partial charge in [-0.05, 0) is 49.1 Å². The second-order valence-corrected chi connectivity index (χ2v) is 5.32. The molecule has 0 aliphatic heterocycles. The molecule has 1 aromatic rings. The Morgan fingerprint density at radius 1 is 1.40 bits per heavy atom. The van der Waals surface area contributed by atoms with E-state index in [0.717, 1.165) is 6.04 Å². The van der Waals surface area contributed by atoms with Gasteiger partial charge in [-0.15, -0.1) is 0 Å². The van der Waals surface area contributed by atoms with E-state index in [0.29, 0.717) is 5.41 Å². The Morgan fingerprint density at radius 3 is 2.80 bits per heavy atom. The van der Waals surface area contributed by atoms with Crippen LogP contribution in [0.1, 0.15) is 37.7 Å². The number of hydrogen-bond donors (Lipinski definition) is 1. The third kappa shape index (κ3) is 2.10. The van der Waals surface area contributed by atoms with Crippen LogP contribution in [0, 0.1) is 5.41 Å². The minimum atomic E-state index is 0.548. The van der Waals surface area contributed by atoms with Crippen LogP contribution in [0.25, 0.3) is 0 Å². The van der Waals surface area contributed by atoms with Gasteiger partial charge < -0.3 is 9.73 Å². The predicted molar refractivity (Wildman–Crippen MR) is 59.7 cm³/mol. The van der Waals surface area contributed by atoms with Crippen molar-refractivity contribution in [3.8, 4) is 0 Å². The van der Waals surface area contributed by atoms with Gasteiger partial charge in [-0.25, -0.2) is 0 Å². The van der Waals surface area contributed by atoms with E-state index < -0.39 is 0 Å². The minimum Gasteiger partial charge on any atom is -0.472 e. The lowest BCUT2D eigenvalue weighted by Gasteiger charge is -2.42. The van der Waals surface area contributed by atoms with Crippen LogP contribution in [0.4, 0.5) is 0 Å². The van der Waals surface area contributed by atoms with Gasteiger partial charge in [0.2, 0.25) is 0 Å². The molecule has 15 heavy (non-hydrogen) atoms. The molecule has 1 N–H and O–H groups in total. The Hall–Kier alpha value is -0.760. The van der Waals surface area contributed by atoms with Crippen molar-refractivity contribution >= 4 is 0 Å². The Morgan fingerprint density at radius 2 is 2.27 bits per heavy atom. The van der Waals surface area contributed by atoms with Crippen molar-refractivity contribution in [1.82, 2.24) is 5.32 Å². The lowest BCUT2D eigenvalue weighted by Crippen LogP contribution is -2.42. The molecular weight excluding hydrogens is 186 g/mol. The van der Waals surface area contributed by atoms with Crippen molar-refractivity contribution < 1.29 is 4.42 Å². The van der Waals surface area contributed by atoms with E-state index in [4.69, 9.17) is 4.42 Å². The molecule has 0 saturated heterocycles. The predicted octanol–water partition coefficient (Wildman–Crippen LogP) is 2.74. The monoisotopic (exact) mass is 205 g/mol. The standard InChI is InChI=1S/C13H19NO/c1-5-13(6-1,10-14-12-2-3-12)8-11-4-7-15-9-11/h4,7,9,12,14H,1-3,5-6,8,10H2. The van der Waals surface area contributed by atoms with Crippen LogP contribution >= 0.6 is 0 Å². The molecule has 0 amide bonds. The van der Waals surface area contributed by atoms with Gasteiger partial charge >= 0.3 is 0 Å². The number of rotatable bonds is 5. The maximum absolute atomic E-state index is 5.15. The maximum Gasteiger partial charge on any atom is 0.0934 e. The third-order valence-corrected chi connectivity index (χ3v) is 3.92. The van der Waals surface area contributed by atoms with Crippen LogP contribution in [-0.2, 0) is 6.42 Å². The highest BCUT2D eigenvalue weighted by Crippen LogP contribution is 2.43. The summed E-state index contributed by atoms with van der Waals surface area (Å²) in [7, 11) is 0. The average molecular weight is 205 g/mol. The Kier molecular flexibility index (Phi) is 2.32. The molecule has 2 fully saturated rings. The average Bonchev–Trinajstić information content (AvgIpc) is 2.87. The SMILES string of the molecule is c1cc(CC2(CNC3CC3)CCC2)co1. The van der Waals surface area contributed by atoms with Crippen molar-refractivity contribution in [2.75, 3.05) is 6.54 Å². The van der Waals surface area contributed by atoms with Crippen molar-refractivity contribution in [2.45, 2.75) is 44.6 Å². The second kappa shape index (κ2) is 3.67. The van der Waals surface area contributed by atoms with E-state index in [1.165, 1.54) is 50.6 Å². The van der Waals surface area contributed by atoms with Crippen molar-refractivity contribution in [3.05, 3.63) is 24.2 Å². The molecule has 0 aromatic carbocycles. The zero-order valence-corrected chi connectivity index (χ0v) is 9.17. The first-order chi connectivity index (χ1) is 7.36. The molecule has 0 spiro atoms. The van der Waals surface area contributed by atoms with Crippen molar-refractivity contribution in [3.63, 3.8) is 0 Å². The highest BCUT2D eigenvalue weighted by Gasteiger charge is 2.38. The van der Waals surface area contributed by atoms with Gasteiger partial charge in [0.15, 0.2) is 0 Å². The van der Waals surface area contributed by atoms with Crippen molar-refractivity contribution in [1.29, 1.82) is 0 Å². The normalized spacial score (nSPS) is 23.7. The first-order valence-electron chi connectivity index (χ1n) is 6.11. The molecule has 2 nitrogen and oxygen atoms in total. The van der Waals surface area contributed by atoms with Gasteiger partial charge in [0.25, 0.3) is 0 Å².